The van der Waals surface area contributed by atoms with E-state index in [9.17, 15) is 0 Å². The normalized spacial score (nSPS) is 25.1. The molecule has 0 saturated carbocycles. The first-order chi connectivity index (χ1) is 7.40. The quantitative estimate of drug-likeness (QED) is 0.728. The van der Waals surface area contributed by atoms with Gasteiger partial charge in [0.05, 0.1) is 6.61 Å². The third-order valence-corrected chi connectivity index (χ3v) is 2.80. The van der Waals surface area contributed by atoms with Crippen LogP contribution in [0.1, 0.15) is 17.9 Å². The average molecular weight is 200 g/mol. The van der Waals surface area contributed by atoms with Gasteiger partial charge in [-0.25, -0.2) is 0 Å². The van der Waals surface area contributed by atoms with Gasteiger partial charge in [-0.15, -0.1) is 0 Å². The summed E-state index contributed by atoms with van der Waals surface area (Å²) in [4.78, 5) is 0. The summed E-state index contributed by atoms with van der Waals surface area (Å²) >= 11 is 0. The fourth-order valence-corrected chi connectivity index (χ4v) is 1.89. The van der Waals surface area contributed by atoms with Gasteiger partial charge in [0, 0.05) is 11.8 Å². The minimum Gasteiger partial charge on any atom is -0.395 e. The van der Waals surface area contributed by atoms with E-state index in [4.69, 9.17) is 5.11 Å². The molecule has 1 aliphatic carbocycles. The number of hydrogen-bond acceptors (Lipinski definition) is 1. The summed E-state index contributed by atoms with van der Waals surface area (Å²) in [6, 6.07) is 10.5. The first-order valence-electron chi connectivity index (χ1n) is 5.41. The molecule has 15 heavy (non-hydrogen) atoms. The Morgan fingerprint density at radius 2 is 1.87 bits per heavy atom. The highest BCUT2D eigenvalue weighted by Crippen LogP contribution is 2.24. The second kappa shape index (κ2) is 4.94. The SMILES string of the molecule is OC[C@H]1C=CC[C@@H](c2ccccc2)C=C1. The molecule has 2 atom stereocenters. The number of rotatable bonds is 2. The third-order valence-electron chi connectivity index (χ3n) is 2.80. The van der Waals surface area contributed by atoms with Crippen molar-refractivity contribution in [2.24, 2.45) is 5.92 Å². The van der Waals surface area contributed by atoms with Crippen molar-refractivity contribution in [3.8, 4) is 0 Å². The topological polar surface area (TPSA) is 20.2 Å². The molecule has 1 heteroatoms. The van der Waals surface area contributed by atoms with Gasteiger partial charge in [-0.1, -0.05) is 54.6 Å². The van der Waals surface area contributed by atoms with E-state index in [0.717, 1.165) is 6.42 Å². The maximum Gasteiger partial charge on any atom is 0.0528 e. The highest BCUT2D eigenvalue weighted by molar-refractivity contribution is 5.26. The molecule has 1 aromatic rings. The molecule has 0 aliphatic heterocycles. The average Bonchev–Trinajstić information content (AvgIpc) is 2.55. The van der Waals surface area contributed by atoms with E-state index in [1.165, 1.54) is 5.56 Å². The van der Waals surface area contributed by atoms with Gasteiger partial charge in [0.1, 0.15) is 0 Å². The molecule has 0 fully saturated rings. The third kappa shape index (κ3) is 2.57. The van der Waals surface area contributed by atoms with Crippen LogP contribution in [0.15, 0.2) is 54.6 Å². The standard InChI is InChI=1S/C14H16O/c15-11-12-5-4-8-14(10-9-12)13-6-2-1-3-7-13/h1-7,9-10,12,14-15H,8,11H2/t12-,14+/m0/s1. The summed E-state index contributed by atoms with van der Waals surface area (Å²) in [5.74, 6) is 0.651. The van der Waals surface area contributed by atoms with E-state index in [1.54, 1.807) is 0 Å². The van der Waals surface area contributed by atoms with Gasteiger partial charge in [0.25, 0.3) is 0 Å². The van der Waals surface area contributed by atoms with Crippen LogP contribution in [-0.4, -0.2) is 11.7 Å². The summed E-state index contributed by atoms with van der Waals surface area (Å²) in [6.07, 6.45) is 9.58. The maximum atomic E-state index is 9.07. The first kappa shape index (κ1) is 10.2. The number of allylic oxidation sites excluding steroid dienone is 2. The highest BCUT2D eigenvalue weighted by Gasteiger charge is 2.09. The zero-order valence-electron chi connectivity index (χ0n) is 8.71. The number of aliphatic hydroxyl groups excluding tert-OH is 1. The van der Waals surface area contributed by atoms with Crippen LogP contribution in [0.5, 0.6) is 0 Å². The van der Waals surface area contributed by atoms with Crippen LogP contribution in [0, 0.1) is 5.92 Å². The maximum absolute atomic E-state index is 9.07. The Balaban J connectivity index is 2.16. The lowest BCUT2D eigenvalue weighted by Crippen LogP contribution is -1.96. The summed E-state index contributed by atoms with van der Waals surface area (Å²) in [5, 5.41) is 9.07. The van der Waals surface area contributed by atoms with Gasteiger partial charge in [-0.3, -0.25) is 0 Å². The van der Waals surface area contributed by atoms with Crippen molar-refractivity contribution in [1.82, 2.24) is 0 Å². The van der Waals surface area contributed by atoms with Crippen molar-refractivity contribution in [1.29, 1.82) is 0 Å². The predicted molar refractivity (Wildman–Crippen MR) is 62.7 cm³/mol. The largest absolute Gasteiger partial charge is 0.395 e. The number of benzene rings is 1. The molecule has 1 aliphatic rings. The van der Waals surface area contributed by atoms with Gasteiger partial charge < -0.3 is 5.11 Å². The second-order valence-electron chi connectivity index (χ2n) is 3.91. The highest BCUT2D eigenvalue weighted by atomic mass is 16.3. The molecule has 2 rings (SSSR count). The van der Waals surface area contributed by atoms with E-state index in [1.807, 2.05) is 6.07 Å². The minimum absolute atomic E-state index is 0.193. The van der Waals surface area contributed by atoms with Crippen LogP contribution in [0.4, 0.5) is 0 Å². The zero-order valence-corrected chi connectivity index (χ0v) is 8.71. The Labute approximate surface area is 90.8 Å². The lowest BCUT2D eigenvalue weighted by Gasteiger charge is -2.09. The summed E-state index contributed by atoms with van der Waals surface area (Å²) < 4.78 is 0. The molecule has 0 aromatic heterocycles. The first-order valence-corrected chi connectivity index (χ1v) is 5.41. The van der Waals surface area contributed by atoms with Crippen molar-refractivity contribution >= 4 is 0 Å². The molecule has 0 saturated heterocycles. The number of hydrogen-bond donors (Lipinski definition) is 1. The molecule has 0 unspecified atom stereocenters. The Morgan fingerprint density at radius 3 is 2.60 bits per heavy atom. The smallest absolute Gasteiger partial charge is 0.0528 e. The van der Waals surface area contributed by atoms with Crippen LogP contribution in [0.2, 0.25) is 0 Å². The molecule has 1 nitrogen and oxygen atoms in total. The second-order valence-corrected chi connectivity index (χ2v) is 3.91. The van der Waals surface area contributed by atoms with Crippen molar-refractivity contribution in [3.63, 3.8) is 0 Å². The molecule has 0 spiro atoms. The Morgan fingerprint density at radius 1 is 1.07 bits per heavy atom. The number of aliphatic hydroxyl groups is 1. The van der Waals surface area contributed by atoms with Gasteiger partial charge in [0.15, 0.2) is 0 Å². The monoisotopic (exact) mass is 200 g/mol. The Hall–Kier alpha value is -1.34. The molecule has 0 bridgehead atoms. The van der Waals surface area contributed by atoms with Crippen LogP contribution in [0.25, 0.3) is 0 Å². The van der Waals surface area contributed by atoms with E-state index in [2.05, 4.69) is 48.6 Å². The van der Waals surface area contributed by atoms with Crippen molar-refractivity contribution < 1.29 is 5.11 Å². The van der Waals surface area contributed by atoms with Crippen LogP contribution in [0.3, 0.4) is 0 Å². The molecular formula is C14H16O. The lowest BCUT2D eigenvalue weighted by atomic mass is 9.96. The molecule has 1 N–H and O–H groups in total. The van der Waals surface area contributed by atoms with Gasteiger partial charge in [-0.05, 0) is 12.0 Å². The van der Waals surface area contributed by atoms with E-state index in [-0.39, 0.29) is 12.5 Å². The molecular weight excluding hydrogens is 184 g/mol. The minimum atomic E-state index is 0.193. The molecule has 0 heterocycles. The molecule has 0 radical (unpaired) electrons. The molecule has 0 amide bonds. The van der Waals surface area contributed by atoms with Crippen LogP contribution >= 0.6 is 0 Å². The summed E-state index contributed by atoms with van der Waals surface area (Å²) in [7, 11) is 0. The van der Waals surface area contributed by atoms with Gasteiger partial charge in [-0.2, -0.15) is 0 Å². The molecule has 1 aromatic carbocycles. The molecule has 78 valence electrons. The Kier molecular flexibility index (Phi) is 3.36. The fourth-order valence-electron chi connectivity index (χ4n) is 1.89. The van der Waals surface area contributed by atoms with Crippen molar-refractivity contribution in [3.05, 3.63) is 60.2 Å². The van der Waals surface area contributed by atoms with E-state index in [0.29, 0.717) is 5.92 Å². The lowest BCUT2D eigenvalue weighted by molar-refractivity contribution is 0.274. The van der Waals surface area contributed by atoms with Crippen molar-refractivity contribution in [2.75, 3.05) is 6.61 Å². The predicted octanol–water partition coefficient (Wildman–Crippen LogP) is 2.89. The summed E-state index contributed by atoms with van der Waals surface area (Å²) in [6.45, 7) is 0.203. The van der Waals surface area contributed by atoms with E-state index >= 15 is 0 Å². The van der Waals surface area contributed by atoms with Gasteiger partial charge >= 0.3 is 0 Å². The van der Waals surface area contributed by atoms with Crippen LogP contribution < -0.4 is 0 Å². The fraction of sp³-hybridized carbons (Fsp3) is 0.286. The van der Waals surface area contributed by atoms with Crippen molar-refractivity contribution in [2.45, 2.75) is 12.3 Å². The zero-order chi connectivity index (χ0) is 10.5. The Bertz CT molecular complexity index is 351. The summed E-state index contributed by atoms with van der Waals surface area (Å²) in [5.41, 5.74) is 1.34. The van der Waals surface area contributed by atoms with Gasteiger partial charge in [0.2, 0.25) is 0 Å². The van der Waals surface area contributed by atoms with Crippen LogP contribution in [-0.2, 0) is 0 Å². The van der Waals surface area contributed by atoms with E-state index < -0.39 is 0 Å².